The average molecular weight is 503 g/mol. The zero-order chi connectivity index (χ0) is 26.2. The van der Waals surface area contributed by atoms with Crippen molar-refractivity contribution in [3.05, 3.63) is 24.3 Å². The van der Waals surface area contributed by atoms with E-state index in [-0.39, 0.29) is 0 Å². The molecule has 0 bridgehead atoms. The molecule has 0 spiro atoms. The van der Waals surface area contributed by atoms with Crippen molar-refractivity contribution in [2.75, 3.05) is 0 Å². The fraction of sp³-hybridized carbons (Fsp3) is 0.889. The third-order valence-corrected chi connectivity index (χ3v) is 7.92. The van der Waals surface area contributed by atoms with E-state index in [1.165, 1.54) is 180 Å². The van der Waals surface area contributed by atoms with Crippen LogP contribution in [0.15, 0.2) is 24.3 Å². The van der Waals surface area contributed by atoms with Gasteiger partial charge in [0.25, 0.3) is 0 Å². The number of hydrogen-bond acceptors (Lipinski definition) is 0. The zero-order valence-electron chi connectivity index (χ0n) is 25.7. The maximum Gasteiger partial charge on any atom is -0.0351 e. The van der Waals surface area contributed by atoms with Crippen LogP contribution in [0, 0.1) is 5.92 Å². The molecular formula is C36H70. The Morgan fingerprint density at radius 1 is 0.333 bits per heavy atom. The first-order valence-corrected chi connectivity index (χ1v) is 17.1. The van der Waals surface area contributed by atoms with Gasteiger partial charge in [-0.3, -0.25) is 0 Å². The van der Waals surface area contributed by atoms with Gasteiger partial charge in [-0.05, 0) is 57.3 Å². The SMILES string of the molecule is CCCCCCC=CCCCCCCCCCCC(C)CCCCCCCCC=CCCCCCC. The fourth-order valence-corrected chi connectivity index (χ4v) is 5.27. The van der Waals surface area contributed by atoms with Crippen LogP contribution < -0.4 is 0 Å². The summed E-state index contributed by atoms with van der Waals surface area (Å²) in [6, 6.07) is 0. The molecule has 0 heteroatoms. The fourth-order valence-electron chi connectivity index (χ4n) is 5.27. The summed E-state index contributed by atoms with van der Waals surface area (Å²) in [5, 5.41) is 0. The van der Waals surface area contributed by atoms with E-state index in [1.54, 1.807) is 0 Å². The molecule has 0 fully saturated rings. The molecule has 0 saturated heterocycles. The molecule has 214 valence electrons. The van der Waals surface area contributed by atoms with Crippen LogP contribution in [0.1, 0.15) is 201 Å². The van der Waals surface area contributed by atoms with E-state index < -0.39 is 0 Å². The first-order valence-electron chi connectivity index (χ1n) is 17.1. The van der Waals surface area contributed by atoms with E-state index in [9.17, 15) is 0 Å². The highest BCUT2D eigenvalue weighted by Crippen LogP contribution is 2.19. The molecule has 0 aromatic rings. The van der Waals surface area contributed by atoms with Gasteiger partial charge in [0.1, 0.15) is 0 Å². The van der Waals surface area contributed by atoms with Crippen LogP contribution in [0.25, 0.3) is 0 Å². The van der Waals surface area contributed by atoms with Crippen molar-refractivity contribution in [1.82, 2.24) is 0 Å². The zero-order valence-corrected chi connectivity index (χ0v) is 25.7. The van der Waals surface area contributed by atoms with Crippen LogP contribution in [-0.2, 0) is 0 Å². The molecular weight excluding hydrogens is 432 g/mol. The summed E-state index contributed by atoms with van der Waals surface area (Å²) in [5.41, 5.74) is 0. The van der Waals surface area contributed by atoms with Crippen LogP contribution >= 0.6 is 0 Å². The second-order valence-corrected chi connectivity index (χ2v) is 11.9. The summed E-state index contributed by atoms with van der Waals surface area (Å²) in [4.78, 5) is 0. The van der Waals surface area contributed by atoms with Crippen molar-refractivity contribution in [2.24, 2.45) is 5.92 Å². The van der Waals surface area contributed by atoms with Gasteiger partial charge >= 0.3 is 0 Å². The Morgan fingerprint density at radius 3 is 0.889 bits per heavy atom. The number of rotatable bonds is 30. The molecule has 0 amide bonds. The minimum atomic E-state index is 0.951. The number of hydrogen-bond donors (Lipinski definition) is 0. The molecule has 0 aromatic carbocycles. The van der Waals surface area contributed by atoms with Gasteiger partial charge in [-0.2, -0.15) is 0 Å². The molecule has 0 rings (SSSR count). The third-order valence-electron chi connectivity index (χ3n) is 7.92. The Balaban J connectivity index is 3.21. The van der Waals surface area contributed by atoms with Gasteiger partial charge in [-0.1, -0.05) is 173 Å². The Kier molecular flexibility index (Phi) is 32.0. The first-order chi connectivity index (χ1) is 17.8. The lowest BCUT2D eigenvalue weighted by atomic mass is 9.95. The minimum absolute atomic E-state index is 0.951. The van der Waals surface area contributed by atoms with E-state index in [1.807, 2.05) is 0 Å². The molecule has 0 aliphatic carbocycles. The van der Waals surface area contributed by atoms with Gasteiger partial charge in [0.15, 0.2) is 0 Å². The number of allylic oxidation sites excluding steroid dienone is 4. The van der Waals surface area contributed by atoms with Crippen LogP contribution in [-0.4, -0.2) is 0 Å². The summed E-state index contributed by atoms with van der Waals surface area (Å²) < 4.78 is 0. The monoisotopic (exact) mass is 503 g/mol. The molecule has 0 heterocycles. The highest BCUT2D eigenvalue weighted by molar-refractivity contribution is 4.82. The molecule has 1 unspecified atom stereocenters. The first kappa shape index (κ1) is 35.5. The second-order valence-electron chi connectivity index (χ2n) is 11.9. The lowest BCUT2D eigenvalue weighted by Gasteiger charge is -2.11. The summed E-state index contributed by atoms with van der Waals surface area (Å²) in [7, 11) is 0. The molecule has 0 N–H and O–H groups in total. The molecule has 0 aliphatic heterocycles. The number of unbranched alkanes of at least 4 members (excludes halogenated alkanes) is 22. The van der Waals surface area contributed by atoms with Gasteiger partial charge < -0.3 is 0 Å². The van der Waals surface area contributed by atoms with Crippen molar-refractivity contribution in [3.8, 4) is 0 Å². The normalized spacial score (nSPS) is 12.9. The lowest BCUT2D eigenvalue weighted by molar-refractivity contribution is 0.430. The Hall–Kier alpha value is -0.520. The summed E-state index contributed by atoms with van der Waals surface area (Å²) in [6.45, 7) is 7.07. The molecule has 1 atom stereocenters. The van der Waals surface area contributed by atoms with E-state index >= 15 is 0 Å². The molecule has 0 saturated carbocycles. The molecule has 0 nitrogen and oxygen atoms in total. The third kappa shape index (κ3) is 31.5. The highest BCUT2D eigenvalue weighted by atomic mass is 14.1. The van der Waals surface area contributed by atoms with Gasteiger partial charge in [-0.15, -0.1) is 0 Å². The summed E-state index contributed by atoms with van der Waals surface area (Å²) >= 11 is 0. The van der Waals surface area contributed by atoms with Crippen LogP contribution in [0.3, 0.4) is 0 Å². The van der Waals surface area contributed by atoms with Crippen molar-refractivity contribution in [3.63, 3.8) is 0 Å². The van der Waals surface area contributed by atoms with E-state index in [2.05, 4.69) is 45.1 Å². The summed E-state index contributed by atoms with van der Waals surface area (Å²) in [5.74, 6) is 0.951. The van der Waals surface area contributed by atoms with E-state index in [0.717, 1.165) is 5.92 Å². The van der Waals surface area contributed by atoms with Crippen LogP contribution in [0.4, 0.5) is 0 Å². The predicted molar refractivity (Wildman–Crippen MR) is 168 cm³/mol. The second kappa shape index (κ2) is 32.5. The standard InChI is InChI=1S/C36H70/c1-4-6-8-10-12-14-16-18-20-21-23-25-27-29-31-33-35-36(3)34-32-30-28-26-24-22-19-17-15-13-11-9-7-5-2/h14-17,36H,4-13,18-35H2,1-3H3. The van der Waals surface area contributed by atoms with E-state index in [0.29, 0.717) is 0 Å². The van der Waals surface area contributed by atoms with Crippen molar-refractivity contribution in [1.29, 1.82) is 0 Å². The smallest absolute Gasteiger partial charge is 0.0351 e. The topological polar surface area (TPSA) is 0 Å². The molecule has 36 heavy (non-hydrogen) atoms. The molecule has 0 radical (unpaired) electrons. The minimum Gasteiger partial charge on any atom is -0.0885 e. The van der Waals surface area contributed by atoms with Crippen LogP contribution in [0.5, 0.6) is 0 Å². The maximum atomic E-state index is 2.49. The van der Waals surface area contributed by atoms with Crippen molar-refractivity contribution in [2.45, 2.75) is 201 Å². The summed E-state index contributed by atoms with van der Waals surface area (Å²) in [6.07, 6.45) is 49.3. The quantitative estimate of drug-likeness (QED) is 0.0676. The van der Waals surface area contributed by atoms with E-state index in [4.69, 9.17) is 0 Å². The molecule has 0 aromatic heterocycles. The highest BCUT2D eigenvalue weighted by Gasteiger charge is 2.02. The lowest BCUT2D eigenvalue weighted by Crippen LogP contribution is -1.95. The van der Waals surface area contributed by atoms with Gasteiger partial charge in [0.05, 0.1) is 0 Å². The van der Waals surface area contributed by atoms with Gasteiger partial charge in [0.2, 0.25) is 0 Å². The van der Waals surface area contributed by atoms with Crippen LogP contribution in [0.2, 0.25) is 0 Å². The van der Waals surface area contributed by atoms with Gasteiger partial charge in [0, 0.05) is 0 Å². The van der Waals surface area contributed by atoms with Gasteiger partial charge in [-0.25, -0.2) is 0 Å². The average Bonchev–Trinajstić information content (AvgIpc) is 2.88. The Bertz CT molecular complexity index is 431. The largest absolute Gasteiger partial charge is 0.0885 e. The maximum absolute atomic E-state index is 2.49. The predicted octanol–water partition coefficient (Wildman–Crippen LogP) is 13.7. The Morgan fingerprint density at radius 2 is 0.583 bits per heavy atom. The Labute approximate surface area is 230 Å². The van der Waals surface area contributed by atoms with Crippen molar-refractivity contribution >= 4 is 0 Å². The van der Waals surface area contributed by atoms with Crippen molar-refractivity contribution < 1.29 is 0 Å². The molecule has 0 aliphatic rings.